The average Bonchev–Trinajstić information content (AvgIpc) is 2.79. The van der Waals surface area contributed by atoms with Crippen LogP contribution in [-0.4, -0.2) is 50.1 Å². The van der Waals surface area contributed by atoms with E-state index in [9.17, 15) is 19.6 Å². The van der Waals surface area contributed by atoms with Gasteiger partial charge in [0.2, 0.25) is 11.0 Å². The molecular formula is C23H31N4O8PS. The van der Waals surface area contributed by atoms with Crippen molar-refractivity contribution in [1.29, 1.82) is 0 Å². The van der Waals surface area contributed by atoms with Crippen molar-refractivity contribution >= 4 is 31.8 Å². The second-order valence-electron chi connectivity index (χ2n) is 8.93. The first-order valence-corrected chi connectivity index (χ1v) is 13.4. The van der Waals surface area contributed by atoms with Crippen LogP contribution >= 0.6 is 20.0 Å². The zero-order valence-electron chi connectivity index (χ0n) is 20.9. The Hall–Kier alpha value is -2.96. The summed E-state index contributed by atoms with van der Waals surface area (Å²) < 4.78 is 37.3. The van der Waals surface area contributed by atoms with Gasteiger partial charge in [-0.05, 0) is 58.1 Å². The minimum Gasteiger partial charge on any atom is -0.509 e. The number of hydrogen-bond donors (Lipinski definition) is 4. The third-order valence-electron chi connectivity index (χ3n) is 5.13. The summed E-state index contributed by atoms with van der Waals surface area (Å²) in [6, 6.07) is 8.64. The smallest absolute Gasteiger partial charge is 0.459 e. The number of anilines is 1. The summed E-state index contributed by atoms with van der Waals surface area (Å²) in [6.45, 7) is 5.75. The molecule has 1 aliphatic heterocycles. The quantitative estimate of drug-likeness (QED) is 0.191. The van der Waals surface area contributed by atoms with Gasteiger partial charge in [-0.2, -0.15) is 5.09 Å². The molecule has 2 unspecified atom stereocenters. The van der Waals surface area contributed by atoms with Crippen molar-refractivity contribution in [3.8, 4) is 5.75 Å². The normalized spacial score (nSPS) is 22.2. The Kier molecular flexibility index (Phi) is 8.98. The predicted octanol–water partition coefficient (Wildman–Crippen LogP) is 3.77. The highest BCUT2D eigenvalue weighted by molar-refractivity contribution is 7.71. The van der Waals surface area contributed by atoms with Crippen molar-refractivity contribution < 1.29 is 38.1 Å². The van der Waals surface area contributed by atoms with Crippen molar-refractivity contribution in [1.82, 2.24) is 14.6 Å². The third kappa shape index (κ3) is 7.53. The molecule has 0 fully saturated rings. The van der Waals surface area contributed by atoms with Crippen molar-refractivity contribution in [2.24, 2.45) is 0 Å². The highest BCUT2D eigenvalue weighted by Gasteiger charge is 2.43. The van der Waals surface area contributed by atoms with E-state index in [1.807, 2.05) is 0 Å². The van der Waals surface area contributed by atoms with Gasteiger partial charge in [-0.3, -0.25) is 13.9 Å². The largest absolute Gasteiger partial charge is 0.509 e. The second-order valence-corrected chi connectivity index (χ2v) is 11.0. The van der Waals surface area contributed by atoms with Crippen LogP contribution in [0.3, 0.4) is 0 Å². The summed E-state index contributed by atoms with van der Waals surface area (Å²) in [5.74, 6) is -0.701. The van der Waals surface area contributed by atoms with Gasteiger partial charge in [-0.15, -0.1) is 0 Å². The van der Waals surface area contributed by atoms with Crippen LogP contribution in [0.15, 0.2) is 54.1 Å². The lowest BCUT2D eigenvalue weighted by Crippen LogP contribution is -2.42. The van der Waals surface area contributed by atoms with E-state index in [1.54, 1.807) is 44.2 Å². The molecule has 5 N–H and O–H groups in total. The average molecular weight is 555 g/mol. The number of rotatable bonds is 10. The standard InChI is InChI=1S/C23H31N4O8PS/c1-14(2)33-20(29)15(3)26-36(31,35-16-8-6-5-7-9-16)32-13-18-17(28)12-23(4,30)21(34-18)27-11-10-19(24)25-22(27)37/h5-11,14-15,21,28,30H,12-13H2,1-4H3,(H,26,31)(H2,24,25,37)/t15-,21+,23?,36?/m0/s1. The lowest BCUT2D eigenvalue weighted by Gasteiger charge is -2.38. The van der Waals surface area contributed by atoms with Gasteiger partial charge in [0.15, 0.2) is 5.76 Å². The molecule has 0 radical (unpaired) electrons. The number of nitrogens with one attached hydrogen (secondary N) is 1. The van der Waals surface area contributed by atoms with E-state index in [1.165, 1.54) is 30.7 Å². The molecule has 0 bridgehead atoms. The molecule has 12 nitrogen and oxygen atoms in total. The third-order valence-corrected chi connectivity index (χ3v) is 7.05. The van der Waals surface area contributed by atoms with Gasteiger partial charge in [0.25, 0.3) is 0 Å². The monoisotopic (exact) mass is 554 g/mol. The highest BCUT2D eigenvalue weighted by Crippen LogP contribution is 2.46. The van der Waals surface area contributed by atoms with Gasteiger partial charge >= 0.3 is 13.7 Å². The summed E-state index contributed by atoms with van der Waals surface area (Å²) in [5.41, 5.74) is 4.09. The fourth-order valence-corrected chi connectivity index (χ4v) is 5.12. The Morgan fingerprint density at radius 1 is 1.35 bits per heavy atom. The first-order chi connectivity index (χ1) is 17.3. The molecule has 4 atom stereocenters. The minimum absolute atomic E-state index is 0.0455. The lowest BCUT2D eigenvalue weighted by atomic mass is 9.95. The zero-order chi connectivity index (χ0) is 27.4. The first-order valence-electron chi connectivity index (χ1n) is 11.4. The van der Waals surface area contributed by atoms with Crippen molar-refractivity contribution in [3.05, 3.63) is 58.9 Å². The SMILES string of the molecule is CC(C)OC(=O)[C@H](C)NP(=O)(OCC1=C(O)CC(C)(O)[C@H](n2ccc(N)nc2=S)O1)Oc1ccccc1. The number of carbonyl (C=O) groups is 1. The fourth-order valence-electron chi connectivity index (χ4n) is 3.41. The highest BCUT2D eigenvalue weighted by atomic mass is 32.1. The van der Waals surface area contributed by atoms with Gasteiger partial charge in [-0.1, -0.05) is 18.2 Å². The van der Waals surface area contributed by atoms with Gasteiger partial charge in [0.05, 0.1) is 6.10 Å². The van der Waals surface area contributed by atoms with Crippen LogP contribution in [0.2, 0.25) is 0 Å². The van der Waals surface area contributed by atoms with E-state index in [4.69, 9.17) is 36.5 Å². The number of esters is 1. The Balaban J connectivity index is 1.84. The molecule has 37 heavy (non-hydrogen) atoms. The molecule has 0 saturated heterocycles. The maximum atomic E-state index is 13.7. The molecule has 1 aliphatic rings. The van der Waals surface area contributed by atoms with Crippen molar-refractivity contribution in [2.45, 2.75) is 58.1 Å². The van der Waals surface area contributed by atoms with E-state index in [-0.39, 0.29) is 40.4 Å². The minimum atomic E-state index is -4.22. The Bertz CT molecular complexity index is 1250. The van der Waals surface area contributed by atoms with E-state index >= 15 is 0 Å². The fraction of sp³-hybridized carbons (Fsp3) is 0.435. The molecule has 0 saturated carbocycles. The molecule has 3 rings (SSSR count). The van der Waals surface area contributed by atoms with Gasteiger partial charge in [0, 0.05) is 12.6 Å². The molecule has 2 aromatic rings. The number of benzene rings is 1. The van der Waals surface area contributed by atoms with Gasteiger partial charge in [-0.25, -0.2) is 9.55 Å². The molecule has 202 valence electrons. The van der Waals surface area contributed by atoms with Crippen LogP contribution in [0.5, 0.6) is 5.75 Å². The second kappa shape index (κ2) is 11.6. The summed E-state index contributed by atoms with van der Waals surface area (Å²) in [4.78, 5) is 16.3. The molecule has 0 aliphatic carbocycles. The summed E-state index contributed by atoms with van der Waals surface area (Å²) in [5, 5.41) is 24.0. The summed E-state index contributed by atoms with van der Waals surface area (Å²) in [7, 11) is -4.22. The van der Waals surface area contributed by atoms with Crippen LogP contribution < -0.4 is 15.3 Å². The molecule has 0 spiro atoms. The molecular weight excluding hydrogens is 523 g/mol. The first kappa shape index (κ1) is 28.6. The Morgan fingerprint density at radius 3 is 2.65 bits per heavy atom. The Labute approximate surface area is 219 Å². The summed E-state index contributed by atoms with van der Waals surface area (Å²) >= 11 is 5.24. The number of para-hydroxylation sites is 1. The number of ether oxygens (including phenoxy) is 2. The number of nitrogens with zero attached hydrogens (tertiary/aromatic N) is 2. The zero-order valence-corrected chi connectivity index (χ0v) is 22.6. The number of nitrogen functional groups attached to an aromatic ring is 1. The van der Waals surface area contributed by atoms with Gasteiger partial charge < -0.3 is 29.9 Å². The molecule has 1 aromatic heterocycles. The lowest BCUT2D eigenvalue weighted by molar-refractivity contribution is -0.149. The van der Waals surface area contributed by atoms with Crippen LogP contribution in [0.1, 0.15) is 40.3 Å². The molecule has 14 heteroatoms. The van der Waals surface area contributed by atoms with Crippen LogP contribution in [0, 0.1) is 4.77 Å². The van der Waals surface area contributed by atoms with Crippen LogP contribution in [-0.2, 0) is 23.4 Å². The van der Waals surface area contributed by atoms with E-state index in [0.29, 0.717) is 0 Å². The van der Waals surface area contributed by atoms with Crippen molar-refractivity contribution in [2.75, 3.05) is 12.3 Å². The maximum Gasteiger partial charge on any atom is 0.459 e. The van der Waals surface area contributed by atoms with Crippen LogP contribution in [0.4, 0.5) is 5.82 Å². The maximum absolute atomic E-state index is 13.7. The molecule has 0 amide bonds. The molecule has 1 aromatic carbocycles. The topological polar surface area (TPSA) is 167 Å². The number of carbonyl (C=O) groups excluding carboxylic acids is 1. The van der Waals surface area contributed by atoms with Crippen LogP contribution in [0.25, 0.3) is 0 Å². The number of nitrogens with two attached hydrogens (primary N) is 1. The van der Waals surface area contributed by atoms with E-state index in [0.717, 1.165) is 0 Å². The number of aromatic nitrogens is 2. The van der Waals surface area contributed by atoms with E-state index < -0.39 is 38.2 Å². The number of aliphatic hydroxyl groups excluding tert-OH is 1. The van der Waals surface area contributed by atoms with Crippen molar-refractivity contribution in [3.63, 3.8) is 0 Å². The summed E-state index contributed by atoms with van der Waals surface area (Å²) in [6.07, 6.45) is -0.219. The van der Waals surface area contributed by atoms with E-state index in [2.05, 4.69) is 10.1 Å². The Morgan fingerprint density at radius 2 is 2.03 bits per heavy atom. The predicted molar refractivity (Wildman–Crippen MR) is 137 cm³/mol. The molecule has 2 heterocycles. The van der Waals surface area contributed by atoms with Gasteiger partial charge in [0.1, 0.15) is 35.6 Å². The number of hydrogen-bond acceptors (Lipinski definition) is 11. The number of aliphatic hydroxyl groups is 2.